The van der Waals surface area contributed by atoms with Crippen LogP contribution in [0.5, 0.6) is 0 Å². The van der Waals surface area contributed by atoms with Crippen molar-refractivity contribution < 1.29 is 9.59 Å². The van der Waals surface area contributed by atoms with Crippen LogP contribution in [-0.4, -0.2) is 24.4 Å². The van der Waals surface area contributed by atoms with Crippen LogP contribution in [0.15, 0.2) is 24.3 Å². The lowest BCUT2D eigenvalue weighted by molar-refractivity contribution is -0.122. The number of benzene rings is 1. The third kappa shape index (κ3) is 2.93. The summed E-state index contributed by atoms with van der Waals surface area (Å²) in [6.07, 6.45) is 0.249. The Labute approximate surface area is 112 Å². The summed E-state index contributed by atoms with van der Waals surface area (Å²) in [6, 6.07) is 7.10. The number of nitrogens with zero attached hydrogens (tertiary/aromatic N) is 1. The Morgan fingerprint density at radius 1 is 1.42 bits per heavy atom. The van der Waals surface area contributed by atoms with Gasteiger partial charge in [0.15, 0.2) is 0 Å². The van der Waals surface area contributed by atoms with E-state index in [1.807, 2.05) is 32.0 Å². The maximum absolute atomic E-state index is 12.3. The molecule has 2 amide bonds. The lowest BCUT2D eigenvalue weighted by Crippen LogP contribution is -2.44. The number of hydrogen-bond acceptors (Lipinski definition) is 3. The molecule has 1 atom stereocenters. The standard InChI is InChI=1S/C14H19N3O2/c1-9(2)10(15)7-14(19)17-8-13(18)16-11-5-3-4-6-12(11)17/h3-6,9-10H,7-8,15H2,1-2H3,(H,16,18). The first kappa shape index (κ1) is 13.5. The van der Waals surface area contributed by atoms with E-state index in [4.69, 9.17) is 5.73 Å². The Balaban J connectivity index is 2.20. The lowest BCUT2D eigenvalue weighted by atomic mass is 10.0. The largest absolute Gasteiger partial charge is 0.327 e. The topological polar surface area (TPSA) is 75.4 Å². The Morgan fingerprint density at radius 3 is 2.79 bits per heavy atom. The second-order valence-corrected chi connectivity index (χ2v) is 5.16. The molecule has 0 bridgehead atoms. The number of nitrogens with one attached hydrogen (secondary N) is 1. The van der Waals surface area contributed by atoms with Crippen molar-refractivity contribution in [2.75, 3.05) is 16.8 Å². The van der Waals surface area contributed by atoms with E-state index in [0.717, 1.165) is 5.69 Å². The molecule has 1 heterocycles. The van der Waals surface area contributed by atoms with Gasteiger partial charge in [-0.2, -0.15) is 0 Å². The van der Waals surface area contributed by atoms with E-state index in [1.54, 1.807) is 6.07 Å². The molecule has 0 saturated heterocycles. The highest BCUT2D eigenvalue weighted by molar-refractivity contribution is 6.09. The number of fused-ring (bicyclic) bond motifs is 1. The molecular formula is C14H19N3O2. The number of carbonyl (C=O) groups is 2. The summed E-state index contributed by atoms with van der Waals surface area (Å²) in [6.45, 7) is 4.02. The van der Waals surface area contributed by atoms with E-state index < -0.39 is 0 Å². The minimum Gasteiger partial charge on any atom is -0.327 e. The van der Waals surface area contributed by atoms with Crippen molar-refractivity contribution in [2.24, 2.45) is 11.7 Å². The molecule has 5 nitrogen and oxygen atoms in total. The van der Waals surface area contributed by atoms with E-state index in [0.29, 0.717) is 5.69 Å². The van der Waals surface area contributed by atoms with Crippen molar-refractivity contribution in [1.29, 1.82) is 0 Å². The minimum atomic E-state index is -0.190. The molecule has 1 aliphatic heterocycles. The van der Waals surface area contributed by atoms with Gasteiger partial charge >= 0.3 is 0 Å². The SMILES string of the molecule is CC(C)C(N)CC(=O)N1CC(=O)Nc2ccccc21. The smallest absolute Gasteiger partial charge is 0.244 e. The van der Waals surface area contributed by atoms with Crippen molar-refractivity contribution in [3.05, 3.63) is 24.3 Å². The number of rotatable bonds is 3. The van der Waals surface area contributed by atoms with Gasteiger partial charge in [0, 0.05) is 12.5 Å². The third-order valence-electron chi connectivity index (χ3n) is 3.34. The number of anilines is 2. The molecule has 0 fully saturated rings. The summed E-state index contributed by atoms with van der Waals surface area (Å²) in [5.41, 5.74) is 7.34. The van der Waals surface area contributed by atoms with Crippen LogP contribution in [0.25, 0.3) is 0 Å². The molecule has 1 aromatic carbocycles. The van der Waals surface area contributed by atoms with Gasteiger partial charge in [-0.1, -0.05) is 26.0 Å². The molecule has 2 rings (SSSR count). The normalized spacial score (nSPS) is 16.0. The Hall–Kier alpha value is -1.88. The van der Waals surface area contributed by atoms with Crippen molar-refractivity contribution in [3.8, 4) is 0 Å². The molecule has 1 aliphatic rings. The molecular weight excluding hydrogens is 242 g/mol. The molecule has 3 N–H and O–H groups in total. The summed E-state index contributed by atoms with van der Waals surface area (Å²) in [7, 11) is 0. The van der Waals surface area contributed by atoms with Crippen LogP contribution in [0.2, 0.25) is 0 Å². The highest BCUT2D eigenvalue weighted by Crippen LogP contribution is 2.29. The van der Waals surface area contributed by atoms with Gasteiger partial charge in [-0.05, 0) is 18.1 Å². The summed E-state index contributed by atoms with van der Waals surface area (Å²) < 4.78 is 0. The van der Waals surface area contributed by atoms with E-state index in [2.05, 4.69) is 5.32 Å². The highest BCUT2D eigenvalue weighted by Gasteiger charge is 2.27. The maximum atomic E-state index is 12.3. The molecule has 0 saturated carbocycles. The maximum Gasteiger partial charge on any atom is 0.244 e. The minimum absolute atomic E-state index is 0.0562. The Morgan fingerprint density at radius 2 is 2.11 bits per heavy atom. The Bertz CT molecular complexity index is 499. The van der Waals surface area contributed by atoms with E-state index in [1.165, 1.54) is 4.90 Å². The number of amides is 2. The van der Waals surface area contributed by atoms with Crippen LogP contribution in [0, 0.1) is 5.92 Å². The van der Waals surface area contributed by atoms with Gasteiger partial charge in [0.25, 0.3) is 0 Å². The van der Waals surface area contributed by atoms with Crippen LogP contribution in [-0.2, 0) is 9.59 Å². The summed E-state index contributed by atoms with van der Waals surface area (Å²) in [4.78, 5) is 25.4. The summed E-state index contributed by atoms with van der Waals surface area (Å²) in [5, 5.41) is 2.76. The summed E-state index contributed by atoms with van der Waals surface area (Å²) >= 11 is 0. The highest BCUT2D eigenvalue weighted by atomic mass is 16.2. The van der Waals surface area contributed by atoms with Crippen LogP contribution in [0.3, 0.4) is 0 Å². The number of para-hydroxylation sites is 2. The van der Waals surface area contributed by atoms with Gasteiger partial charge in [0.2, 0.25) is 11.8 Å². The van der Waals surface area contributed by atoms with Crippen molar-refractivity contribution in [2.45, 2.75) is 26.3 Å². The second-order valence-electron chi connectivity index (χ2n) is 5.16. The Kier molecular flexibility index (Phi) is 3.85. The van der Waals surface area contributed by atoms with Crippen molar-refractivity contribution in [3.63, 3.8) is 0 Å². The average Bonchev–Trinajstić information content (AvgIpc) is 2.37. The zero-order valence-electron chi connectivity index (χ0n) is 11.2. The second kappa shape index (κ2) is 5.40. The van der Waals surface area contributed by atoms with Gasteiger partial charge in [-0.25, -0.2) is 0 Å². The average molecular weight is 261 g/mol. The van der Waals surface area contributed by atoms with Gasteiger partial charge in [0.1, 0.15) is 6.54 Å². The first-order valence-corrected chi connectivity index (χ1v) is 6.44. The van der Waals surface area contributed by atoms with E-state index >= 15 is 0 Å². The molecule has 102 valence electrons. The molecule has 0 spiro atoms. The van der Waals surface area contributed by atoms with Gasteiger partial charge in [-0.15, -0.1) is 0 Å². The van der Waals surface area contributed by atoms with E-state index in [9.17, 15) is 9.59 Å². The quantitative estimate of drug-likeness (QED) is 0.862. The zero-order chi connectivity index (χ0) is 14.0. The number of hydrogen-bond donors (Lipinski definition) is 2. The zero-order valence-corrected chi connectivity index (χ0v) is 11.2. The number of carbonyl (C=O) groups excluding carboxylic acids is 2. The first-order valence-electron chi connectivity index (χ1n) is 6.44. The molecule has 0 aliphatic carbocycles. The van der Waals surface area contributed by atoms with Gasteiger partial charge < -0.3 is 16.0 Å². The van der Waals surface area contributed by atoms with Crippen LogP contribution >= 0.6 is 0 Å². The van der Waals surface area contributed by atoms with Gasteiger partial charge in [-0.3, -0.25) is 9.59 Å². The fourth-order valence-electron chi connectivity index (χ4n) is 2.00. The first-order chi connectivity index (χ1) is 8.99. The van der Waals surface area contributed by atoms with Crippen LogP contribution in [0.1, 0.15) is 20.3 Å². The molecule has 0 radical (unpaired) electrons. The third-order valence-corrected chi connectivity index (χ3v) is 3.34. The van der Waals surface area contributed by atoms with Crippen LogP contribution < -0.4 is 16.0 Å². The summed E-state index contributed by atoms with van der Waals surface area (Å²) in [5.74, 6) is -0.0496. The van der Waals surface area contributed by atoms with Crippen molar-refractivity contribution in [1.82, 2.24) is 0 Å². The molecule has 19 heavy (non-hydrogen) atoms. The predicted molar refractivity (Wildman–Crippen MR) is 74.9 cm³/mol. The van der Waals surface area contributed by atoms with Crippen molar-refractivity contribution >= 4 is 23.2 Å². The van der Waals surface area contributed by atoms with Crippen LogP contribution in [0.4, 0.5) is 11.4 Å². The van der Waals surface area contributed by atoms with E-state index in [-0.39, 0.29) is 36.7 Å². The predicted octanol–water partition coefficient (Wildman–Crippen LogP) is 1.35. The molecule has 1 aromatic rings. The molecule has 0 aromatic heterocycles. The fraction of sp³-hybridized carbons (Fsp3) is 0.429. The monoisotopic (exact) mass is 261 g/mol. The lowest BCUT2D eigenvalue weighted by Gasteiger charge is -2.30. The molecule has 1 unspecified atom stereocenters. The number of nitrogens with two attached hydrogens (primary N) is 1. The molecule has 5 heteroatoms. The fourth-order valence-corrected chi connectivity index (χ4v) is 2.00. The van der Waals surface area contributed by atoms with Gasteiger partial charge in [0.05, 0.1) is 11.4 Å².